The Morgan fingerprint density at radius 2 is 1.31 bits per heavy atom. The van der Waals surface area contributed by atoms with Gasteiger partial charge in [-0.3, -0.25) is 0 Å². The smallest absolute Gasteiger partial charge is 0.119 e. The SMILES string of the molecule is COc1ccc(C(CCCNC[C@H](O)COc2ccccc2)c2ccc(OC)cc2)cc1. The average molecular weight is 436 g/mol. The largest absolute Gasteiger partial charge is 0.497 e. The summed E-state index contributed by atoms with van der Waals surface area (Å²) in [5.74, 6) is 2.76. The highest BCUT2D eigenvalue weighted by atomic mass is 16.5. The molecule has 3 aromatic carbocycles. The van der Waals surface area contributed by atoms with E-state index in [-0.39, 0.29) is 12.5 Å². The molecule has 3 aromatic rings. The molecule has 1 atom stereocenters. The molecule has 0 spiro atoms. The van der Waals surface area contributed by atoms with Crippen molar-refractivity contribution in [3.05, 3.63) is 90.0 Å². The van der Waals surface area contributed by atoms with E-state index >= 15 is 0 Å². The third-order valence-electron chi connectivity index (χ3n) is 5.45. The van der Waals surface area contributed by atoms with E-state index < -0.39 is 6.10 Å². The van der Waals surface area contributed by atoms with E-state index in [0.717, 1.165) is 36.6 Å². The van der Waals surface area contributed by atoms with Gasteiger partial charge in [0.15, 0.2) is 0 Å². The Balaban J connectivity index is 1.49. The van der Waals surface area contributed by atoms with Crippen LogP contribution in [-0.4, -0.2) is 45.1 Å². The first-order chi connectivity index (χ1) is 15.7. The van der Waals surface area contributed by atoms with Crippen molar-refractivity contribution in [2.45, 2.75) is 24.9 Å². The van der Waals surface area contributed by atoms with Crippen LogP contribution in [0.1, 0.15) is 29.9 Å². The van der Waals surface area contributed by atoms with Crippen LogP contribution in [0, 0.1) is 0 Å². The quantitative estimate of drug-likeness (QED) is 0.383. The predicted molar refractivity (Wildman–Crippen MR) is 128 cm³/mol. The molecule has 5 heteroatoms. The van der Waals surface area contributed by atoms with E-state index in [1.165, 1.54) is 11.1 Å². The third kappa shape index (κ3) is 7.29. The van der Waals surface area contributed by atoms with Crippen molar-refractivity contribution in [1.29, 1.82) is 0 Å². The van der Waals surface area contributed by atoms with Crippen molar-refractivity contribution >= 4 is 0 Å². The second-order valence-electron chi connectivity index (χ2n) is 7.72. The van der Waals surface area contributed by atoms with Crippen molar-refractivity contribution in [2.24, 2.45) is 0 Å². The standard InChI is InChI=1S/C27H33NO4/c1-30-24-14-10-21(11-15-24)27(22-12-16-25(31-2)17-13-22)9-6-18-28-19-23(29)20-32-26-7-4-3-5-8-26/h3-5,7-8,10-17,23,27-29H,6,9,18-20H2,1-2H3/t23-/m0/s1. The predicted octanol–water partition coefficient (Wildman–Crippen LogP) is 4.65. The van der Waals surface area contributed by atoms with Crippen molar-refractivity contribution in [3.63, 3.8) is 0 Å². The minimum absolute atomic E-state index is 0.275. The fraction of sp³-hybridized carbons (Fsp3) is 0.333. The van der Waals surface area contributed by atoms with Gasteiger partial charge in [-0.2, -0.15) is 0 Å². The van der Waals surface area contributed by atoms with Crippen LogP contribution < -0.4 is 19.5 Å². The van der Waals surface area contributed by atoms with Crippen LogP contribution in [0.2, 0.25) is 0 Å². The normalized spacial score (nSPS) is 11.9. The minimum Gasteiger partial charge on any atom is -0.497 e. The summed E-state index contributed by atoms with van der Waals surface area (Å²) in [4.78, 5) is 0. The lowest BCUT2D eigenvalue weighted by molar-refractivity contribution is 0.106. The Bertz CT molecular complexity index is 850. The van der Waals surface area contributed by atoms with E-state index in [2.05, 4.69) is 29.6 Å². The van der Waals surface area contributed by atoms with Crippen LogP contribution in [0.25, 0.3) is 0 Å². The lowest BCUT2D eigenvalue weighted by Crippen LogP contribution is -2.32. The Morgan fingerprint density at radius 1 is 0.750 bits per heavy atom. The molecule has 0 aromatic heterocycles. The molecule has 0 saturated heterocycles. The molecule has 0 saturated carbocycles. The highest BCUT2D eigenvalue weighted by Gasteiger charge is 2.15. The fourth-order valence-electron chi connectivity index (χ4n) is 3.67. The maximum Gasteiger partial charge on any atom is 0.119 e. The highest BCUT2D eigenvalue weighted by Crippen LogP contribution is 2.31. The number of rotatable bonds is 13. The van der Waals surface area contributed by atoms with Gasteiger partial charge >= 0.3 is 0 Å². The maximum absolute atomic E-state index is 10.2. The van der Waals surface area contributed by atoms with Gasteiger partial charge in [0.2, 0.25) is 0 Å². The summed E-state index contributed by atoms with van der Waals surface area (Å²) >= 11 is 0. The second-order valence-corrected chi connectivity index (χ2v) is 7.72. The number of aliphatic hydroxyl groups is 1. The Labute approximate surface area is 191 Å². The van der Waals surface area contributed by atoms with Crippen LogP contribution in [0.5, 0.6) is 17.2 Å². The zero-order valence-corrected chi connectivity index (χ0v) is 18.9. The van der Waals surface area contributed by atoms with Crippen molar-refractivity contribution in [2.75, 3.05) is 33.9 Å². The molecule has 0 aliphatic heterocycles. The maximum atomic E-state index is 10.2. The second kappa shape index (κ2) is 12.7. The molecule has 0 unspecified atom stereocenters. The molecule has 0 heterocycles. The summed E-state index contributed by atoms with van der Waals surface area (Å²) in [5.41, 5.74) is 2.51. The molecule has 0 amide bonds. The van der Waals surface area contributed by atoms with Crippen LogP contribution in [0.4, 0.5) is 0 Å². The zero-order chi connectivity index (χ0) is 22.6. The van der Waals surface area contributed by atoms with Gasteiger partial charge in [-0.25, -0.2) is 0 Å². The number of ether oxygens (including phenoxy) is 3. The van der Waals surface area contributed by atoms with Gasteiger partial charge < -0.3 is 24.6 Å². The van der Waals surface area contributed by atoms with E-state index in [1.54, 1.807) is 14.2 Å². The summed E-state index contributed by atoms with van der Waals surface area (Å²) in [7, 11) is 3.36. The minimum atomic E-state index is -0.547. The van der Waals surface area contributed by atoms with Gasteiger partial charge in [0.1, 0.15) is 30.0 Å². The van der Waals surface area contributed by atoms with E-state index in [0.29, 0.717) is 6.54 Å². The highest BCUT2D eigenvalue weighted by molar-refractivity contribution is 5.38. The molecular formula is C27H33NO4. The monoisotopic (exact) mass is 435 g/mol. The van der Waals surface area contributed by atoms with E-state index in [4.69, 9.17) is 14.2 Å². The lowest BCUT2D eigenvalue weighted by Gasteiger charge is -2.19. The van der Waals surface area contributed by atoms with E-state index in [9.17, 15) is 5.11 Å². The number of hydrogen-bond acceptors (Lipinski definition) is 5. The molecule has 170 valence electrons. The number of hydrogen-bond donors (Lipinski definition) is 2. The van der Waals surface area contributed by atoms with Crippen LogP contribution in [0.3, 0.4) is 0 Å². The summed E-state index contributed by atoms with van der Waals surface area (Å²) in [5, 5.41) is 13.5. The van der Waals surface area contributed by atoms with Crippen LogP contribution >= 0.6 is 0 Å². The number of nitrogens with one attached hydrogen (secondary N) is 1. The summed E-state index contributed by atoms with van der Waals surface area (Å²) in [6.07, 6.45) is 1.42. The number of para-hydroxylation sites is 1. The van der Waals surface area contributed by atoms with Gasteiger partial charge in [-0.15, -0.1) is 0 Å². The molecule has 0 aliphatic rings. The topological polar surface area (TPSA) is 60.0 Å². The van der Waals surface area contributed by atoms with Crippen LogP contribution in [-0.2, 0) is 0 Å². The van der Waals surface area contributed by atoms with E-state index in [1.807, 2.05) is 54.6 Å². The molecule has 3 rings (SSSR count). The molecule has 0 radical (unpaired) electrons. The fourth-order valence-corrected chi connectivity index (χ4v) is 3.67. The van der Waals surface area contributed by atoms with Gasteiger partial charge in [-0.1, -0.05) is 42.5 Å². The van der Waals surface area contributed by atoms with Crippen molar-refractivity contribution < 1.29 is 19.3 Å². The molecule has 32 heavy (non-hydrogen) atoms. The summed E-state index contributed by atoms with van der Waals surface area (Å²) < 4.78 is 16.2. The third-order valence-corrected chi connectivity index (χ3v) is 5.45. The first-order valence-corrected chi connectivity index (χ1v) is 11.0. The molecular weight excluding hydrogens is 402 g/mol. The molecule has 0 bridgehead atoms. The lowest BCUT2D eigenvalue weighted by atomic mass is 9.87. The molecule has 5 nitrogen and oxygen atoms in total. The molecule has 0 aliphatic carbocycles. The molecule has 2 N–H and O–H groups in total. The van der Waals surface area contributed by atoms with Gasteiger partial charge in [-0.05, 0) is 66.9 Å². The summed E-state index contributed by atoms with van der Waals surface area (Å²) in [6, 6.07) is 26.1. The van der Waals surface area contributed by atoms with Crippen molar-refractivity contribution in [3.8, 4) is 17.2 Å². The van der Waals surface area contributed by atoms with Gasteiger partial charge in [0, 0.05) is 12.5 Å². The number of benzene rings is 3. The van der Waals surface area contributed by atoms with Gasteiger partial charge in [0.25, 0.3) is 0 Å². The van der Waals surface area contributed by atoms with Crippen LogP contribution in [0.15, 0.2) is 78.9 Å². The first kappa shape index (κ1) is 23.6. The van der Waals surface area contributed by atoms with Crippen molar-refractivity contribution in [1.82, 2.24) is 5.32 Å². The Hall–Kier alpha value is -3.02. The first-order valence-electron chi connectivity index (χ1n) is 11.0. The number of methoxy groups -OCH3 is 2. The summed E-state index contributed by atoms with van der Waals surface area (Å²) in [6.45, 7) is 1.60. The van der Waals surface area contributed by atoms with Gasteiger partial charge in [0.05, 0.1) is 14.2 Å². The number of aliphatic hydroxyl groups excluding tert-OH is 1. The average Bonchev–Trinajstić information content (AvgIpc) is 2.86. The Morgan fingerprint density at radius 3 is 1.84 bits per heavy atom. The zero-order valence-electron chi connectivity index (χ0n) is 18.9. The molecule has 0 fully saturated rings. The Kier molecular flexibility index (Phi) is 9.41.